The van der Waals surface area contributed by atoms with Crippen LogP contribution in [0.4, 0.5) is 5.69 Å². The van der Waals surface area contributed by atoms with Crippen LogP contribution in [0.1, 0.15) is 35.7 Å². The van der Waals surface area contributed by atoms with Gasteiger partial charge in [0.1, 0.15) is 5.92 Å². The Bertz CT molecular complexity index is 593. The van der Waals surface area contributed by atoms with Crippen molar-refractivity contribution in [2.45, 2.75) is 32.7 Å². The van der Waals surface area contributed by atoms with Gasteiger partial charge in [-0.3, -0.25) is 14.4 Å². The quantitative estimate of drug-likeness (QED) is 0.717. The van der Waals surface area contributed by atoms with Crippen LogP contribution in [-0.4, -0.2) is 28.9 Å². The van der Waals surface area contributed by atoms with Gasteiger partial charge in [0.25, 0.3) is 5.91 Å². The highest BCUT2D eigenvalue weighted by atomic mass is 16.4. The third-order valence-electron chi connectivity index (χ3n) is 3.43. The lowest BCUT2D eigenvalue weighted by molar-refractivity contribution is -0.144. The molecule has 1 unspecified atom stereocenters. The van der Waals surface area contributed by atoms with Crippen molar-refractivity contribution in [3.05, 3.63) is 29.3 Å². The van der Waals surface area contributed by atoms with Crippen molar-refractivity contribution in [1.29, 1.82) is 0 Å². The minimum absolute atomic E-state index is 0.181. The molecule has 1 atom stereocenters. The van der Waals surface area contributed by atoms with Crippen LogP contribution in [0.2, 0.25) is 0 Å². The van der Waals surface area contributed by atoms with Gasteiger partial charge in [0.2, 0.25) is 5.91 Å². The smallest absolute Gasteiger partial charge is 0.315 e. The molecule has 1 aromatic rings. The van der Waals surface area contributed by atoms with Crippen LogP contribution >= 0.6 is 0 Å². The number of carboxylic acids is 1. The number of carbonyl (C=O) groups is 3. The first kappa shape index (κ1) is 15.0. The molecule has 0 bridgehead atoms. The Kier molecular flexibility index (Phi) is 4.26. The second kappa shape index (κ2) is 5.95. The van der Waals surface area contributed by atoms with Gasteiger partial charge >= 0.3 is 5.97 Å². The summed E-state index contributed by atoms with van der Waals surface area (Å²) in [7, 11) is 0. The number of amides is 2. The molecule has 1 aliphatic rings. The molecule has 0 aliphatic heterocycles. The summed E-state index contributed by atoms with van der Waals surface area (Å²) in [6, 6.07) is 5.23. The molecule has 2 amide bonds. The Balaban J connectivity index is 2.12. The van der Waals surface area contributed by atoms with Gasteiger partial charge in [0.05, 0.1) is 0 Å². The van der Waals surface area contributed by atoms with E-state index in [1.165, 1.54) is 6.92 Å². The van der Waals surface area contributed by atoms with E-state index in [4.69, 9.17) is 5.11 Å². The molecule has 0 spiro atoms. The summed E-state index contributed by atoms with van der Waals surface area (Å²) in [5.41, 5.74) is 1.67. The van der Waals surface area contributed by atoms with Crippen molar-refractivity contribution >= 4 is 23.5 Å². The van der Waals surface area contributed by atoms with Crippen molar-refractivity contribution in [2.24, 2.45) is 5.92 Å². The van der Waals surface area contributed by atoms with Crippen molar-refractivity contribution in [3.63, 3.8) is 0 Å². The SMILES string of the molecule is Cc1ccc(C(=O)NC2CC2)cc1NC(=O)C(C)C(=O)O. The fourth-order valence-corrected chi connectivity index (χ4v) is 1.75. The van der Waals surface area contributed by atoms with E-state index in [1.807, 2.05) is 0 Å². The van der Waals surface area contributed by atoms with E-state index in [-0.39, 0.29) is 11.9 Å². The fraction of sp³-hybridized carbons (Fsp3) is 0.400. The molecule has 1 aromatic carbocycles. The molecule has 6 nitrogen and oxygen atoms in total. The van der Waals surface area contributed by atoms with Crippen molar-refractivity contribution in [1.82, 2.24) is 5.32 Å². The number of nitrogens with one attached hydrogen (secondary N) is 2. The lowest BCUT2D eigenvalue weighted by atomic mass is 10.1. The summed E-state index contributed by atoms with van der Waals surface area (Å²) in [4.78, 5) is 34.5. The molecular formula is C15H18N2O4. The van der Waals surface area contributed by atoms with Gasteiger partial charge in [-0.15, -0.1) is 0 Å². The highest BCUT2D eigenvalue weighted by Crippen LogP contribution is 2.21. The molecule has 2 rings (SSSR count). The summed E-state index contributed by atoms with van der Waals surface area (Å²) in [5, 5.41) is 14.2. The summed E-state index contributed by atoms with van der Waals surface area (Å²) in [6.07, 6.45) is 1.99. The molecule has 6 heteroatoms. The summed E-state index contributed by atoms with van der Waals surface area (Å²) < 4.78 is 0. The minimum atomic E-state index is -1.19. The van der Waals surface area contributed by atoms with E-state index in [1.54, 1.807) is 25.1 Å². The van der Waals surface area contributed by atoms with Gasteiger partial charge in [0, 0.05) is 17.3 Å². The van der Waals surface area contributed by atoms with Gasteiger partial charge in [0.15, 0.2) is 0 Å². The summed E-state index contributed by atoms with van der Waals surface area (Å²) in [5.74, 6) is -3.12. The van der Waals surface area contributed by atoms with Crippen LogP contribution < -0.4 is 10.6 Å². The Labute approximate surface area is 122 Å². The number of anilines is 1. The van der Waals surface area contributed by atoms with Gasteiger partial charge in [-0.25, -0.2) is 0 Å². The normalized spacial score (nSPS) is 15.1. The topological polar surface area (TPSA) is 95.5 Å². The number of rotatable bonds is 5. The van der Waals surface area contributed by atoms with Crippen molar-refractivity contribution < 1.29 is 19.5 Å². The molecule has 0 saturated heterocycles. The van der Waals surface area contributed by atoms with Crippen molar-refractivity contribution in [2.75, 3.05) is 5.32 Å². The Morgan fingerprint density at radius 3 is 2.52 bits per heavy atom. The van der Waals surface area contributed by atoms with E-state index >= 15 is 0 Å². The highest BCUT2D eigenvalue weighted by Gasteiger charge is 2.24. The first-order valence-electron chi connectivity index (χ1n) is 6.83. The molecule has 112 valence electrons. The number of benzene rings is 1. The predicted molar refractivity (Wildman–Crippen MR) is 77.1 cm³/mol. The number of carboxylic acid groups (broad SMARTS) is 1. The van der Waals surface area contributed by atoms with Gasteiger partial charge in [-0.05, 0) is 44.4 Å². The fourth-order valence-electron chi connectivity index (χ4n) is 1.75. The second-order valence-electron chi connectivity index (χ2n) is 5.33. The average Bonchev–Trinajstić information content (AvgIpc) is 3.23. The summed E-state index contributed by atoms with van der Waals surface area (Å²) in [6.45, 7) is 3.10. The standard InChI is InChI=1S/C15H18N2O4/c1-8-3-4-10(14(19)16-11-5-6-11)7-12(8)17-13(18)9(2)15(20)21/h3-4,7,9,11H,5-6H2,1-2H3,(H,16,19)(H,17,18)(H,20,21). The molecule has 0 aromatic heterocycles. The van der Waals surface area contributed by atoms with Crippen LogP contribution in [0.15, 0.2) is 18.2 Å². The lowest BCUT2D eigenvalue weighted by Gasteiger charge is -2.12. The molecule has 3 N–H and O–H groups in total. The molecule has 0 radical (unpaired) electrons. The largest absolute Gasteiger partial charge is 0.481 e. The monoisotopic (exact) mass is 290 g/mol. The third kappa shape index (κ3) is 3.81. The number of carbonyl (C=O) groups excluding carboxylic acids is 2. The van der Waals surface area contributed by atoms with E-state index in [2.05, 4.69) is 10.6 Å². The van der Waals surface area contributed by atoms with E-state index < -0.39 is 17.8 Å². The molecular weight excluding hydrogens is 272 g/mol. The zero-order chi connectivity index (χ0) is 15.6. The van der Waals surface area contributed by atoms with Gasteiger partial charge in [-0.1, -0.05) is 6.07 Å². The van der Waals surface area contributed by atoms with Gasteiger partial charge in [-0.2, -0.15) is 0 Å². The first-order valence-corrected chi connectivity index (χ1v) is 6.83. The number of hydrogen-bond acceptors (Lipinski definition) is 3. The number of hydrogen-bond donors (Lipinski definition) is 3. The molecule has 1 aliphatic carbocycles. The maximum Gasteiger partial charge on any atom is 0.315 e. The van der Waals surface area contributed by atoms with Crippen LogP contribution in [0.25, 0.3) is 0 Å². The number of aliphatic carboxylic acids is 1. The average molecular weight is 290 g/mol. The van der Waals surface area contributed by atoms with Gasteiger partial charge < -0.3 is 15.7 Å². The maximum absolute atomic E-state index is 12.0. The van der Waals surface area contributed by atoms with Crippen LogP contribution in [0, 0.1) is 12.8 Å². The van der Waals surface area contributed by atoms with E-state index in [0.717, 1.165) is 18.4 Å². The minimum Gasteiger partial charge on any atom is -0.481 e. The zero-order valence-electron chi connectivity index (χ0n) is 12.0. The van der Waals surface area contributed by atoms with E-state index in [0.29, 0.717) is 11.3 Å². The van der Waals surface area contributed by atoms with Crippen molar-refractivity contribution in [3.8, 4) is 0 Å². The maximum atomic E-state index is 12.0. The van der Waals surface area contributed by atoms with E-state index in [9.17, 15) is 14.4 Å². The lowest BCUT2D eigenvalue weighted by Crippen LogP contribution is -2.28. The Hall–Kier alpha value is -2.37. The summed E-state index contributed by atoms with van der Waals surface area (Å²) >= 11 is 0. The molecule has 21 heavy (non-hydrogen) atoms. The third-order valence-corrected chi connectivity index (χ3v) is 3.43. The highest BCUT2D eigenvalue weighted by molar-refractivity contribution is 6.05. The molecule has 1 saturated carbocycles. The predicted octanol–water partition coefficient (Wildman–Crippen LogP) is 1.55. The Morgan fingerprint density at radius 2 is 1.95 bits per heavy atom. The van der Waals surface area contributed by atoms with Crippen LogP contribution in [0.5, 0.6) is 0 Å². The molecule has 0 heterocycles. The van der Waals surface area contributed by atoms with Crippen LogP contribution in [-0.2, 0) is 9.59 Å². The number of aryl methyl sites for hydroxylation is 1. The Morgan fingerprint density at radius 1 is 1.29 bits per heavy atom. The second-order valence-corrected chi connectivity index (χ2v) is 5.33. The first-order chi connectivity index (χ1) is 9.88. The zero-order valence-corrected chi connectivity index (χ0v) is 12.0. The molecule has 1 fully saturated rings. The van der Waals surface area contributed by atoms with Crippen LogP contribution in [0.3, 0.4) is 0 Å².